The van der Waals surface area contributed by atoms with Gasteiger partial charge in [0.25, 0.3) is 5.56 Å². The van der Waals surface area contributed by atoms with Crippen molar-refractivity contribution in [2.45, 2.75) is 64.8 Å². The lowest BCUT2D eigenvalue weighted by atomic mass is 10.1. The van der Waals surface area contributed by atoms with E-state index in [1.54, 1.807) is 14.2 Å². The second-order valence-electron chi connectivity index (χ2n) is 10.5. The lowest BCUT2D eigenvalue weighted by Gasteiger charge is -2.30. The SMILES string of the molecule is CCOc1ccc2[nH]c(=O)c(CN(CCc3ccc(OC)c(OC)c3)C(CC)c3nnnn3CC3CCCO3)cc2c1. The number of benzene rings is 2. The van der Waals surface area contributed by atoms with Crippen LogP contribution in [0.5, 0.6) is 17.2 Å². The summed E-state index contributed by atoms with van der Waals surface area (Å²) in [7, 11) is 3.27. The largest absolute Gasteiger partial charge is 0.494 e. The molecule has 4 aromatic rings. The van der Waals surface area contributed by atoms with Crippen molar-refractivity contribution in [2.75, 3.05) is 34.0 Å². The first-order valence-corrected chi connectivity index (χ1v) is 14.6. The van der Waals surface area contributed by atoms with Crippen molar-refractivity contribution in [1.82, 2.24) is 30.1 Å². The molecule has 11 nitrogen and oxygen atoms in total. The number of hydrogen-bond acceptors (Lipinski definition) is 9. The second-order valence-corrected chi connectivity index (χ2v) is 10.5. The van der Waals surface area contributed by atoms with Crippen LogP contribution in [0.25, 0.3) is 10.9 Å². The highest BCUT2D eigenvalue weighted by atomic mass is 16.5. The molecule has 0 spiro atoms. The molecule has 2 aromatic heterocycles. The summed E-state index contributed by atoms with van der Waals surface area (Å²) in [4.78, 5) is 18.6. The number of pyridine rings is 1. The van der Waals surface area contributed by atoms with Gasteiger partial charge in [-0.3, -0.25) is 9.69 Å². The maximum atomic E-state index is 13.3. The fourth-order valence-corrected chi connectivity index (χ4v) is 5.64. The van der Waals surface area contributed by atoms with E-state index < -0.39 is 0 Å². The predicted octanol–water partition coefficient (Wildman–Crippen LogP) is 4.31. The maximum Gasteiger partial charge on any atom is 0.252 e. The zero-order valence-corrected chi connectivity index (χ0v) is 24.8. The maximum absolute atomic E-state index is 13.3. The van der Waals surface area contributed by atoms with E-state index in [0.717, 1.165) is 60.3 Å². The number of aromatic nitrogens is 5. The molecule has 0 aliphatic carbocycles. The van der Waals surface area contributed by atoms with E-state index in [1.807, 2.05) is 54.1 Å². The lowest BCUT2D eigenvalue weighted by Crippen LogP contribution is -2.34. The van der Waals surface area contributed by atoms with Gasteiger partial charge >= 0.3 is 0 Å². The van der Waals surface area contributed by atoms with Gasteiger partial charge in [0, 0.05) is 36.2 Å². The molecule has 1 aliphatic heterocycles. The van der Waals surface area contributed by atoms with Crippen LogP contribution in [-0.4, -0.2) is 70.2 Å². The first-order valence-electron chi connectivity index (χ1n) is 14.6. The summed E-state index contributed by atoms with van der Waals surface area (Å²) in [6.45, 7) is 7.12. The summed E-state index contributed by atoms with van der Waals surface area (Å²) in [6.07, 6.45) is 3.64. The Hall–Kier alpha value is -3.96. The average Bonchev–Trinajstić information content (AvgIpc) is 3.69. The molecule has 0 amide bonds. The number of tetrazole rings is 1. The topological polar surface area (TPSA) is 117 Å². The molecular formula is C31H40N6O5. The summed E-state index contributed by atoms with van der Waals surface area (Å²) in [6, 6.07) is 13.5. The van der Waals surface area contributed by atoms with Gasteiger partial charge in [-0.15, -0.1) is 5.10 Å². The van der Waals surface area contributed by atoms with Crippen LogP contribution in [0.1, 0.15) is 56.1 Å². The smallest absolute Gasteiger partial charge is 0.252 e. The quantitative estimate of drug-likeness (QED) is 0.234. The molecule has 5 rings (SSSR count). The van der Waals surface area contributed by atoms with E-state index >= 15 is 0 Å². The van der Waals surface area contributed by atoms with E-state index in [0.29, 0.717) is 43.3 Å². The van der Waals surface area contributed by atoms with Gasteiger partial charge in [-0.2, -0.15) is 0 Å². The van der Waals surface area contributed by atoms with Crippen LogP contribution >= 0.6 is 0 Å². The van der Waals surface area contributed by atoms with E-state index in [1.165, 1.54) is 0 Å². The predicted molar refractivity (Wildman–Crippen MR) is 159 cm³/mol. The number of nitrogens with one attached hydrogen (secondary N) is 1. The van der Waals surface area contributed by atoms with E-state index in [-0.39, 0.29) is 17.7 Å². The number of fused-ring (bicyclic) bond motifs is 1. The molecule has 0 saturated carbocycles. The number of H-pyrrole nitrogens is 1. The molecule has 2 unspecified atom stereocenters. The number of methoxy groups -OCH3 is 2. The number of hydrogen-bond donors (Lipinski definition) is 1. The molecule has 1 fully saturated rings. The number of aromatic amines is 1. The van der Waals surface area contributed by atoms with Gasteiger partial charge < -0.3 is 23.9 Å². The van der Waals surface area contributed by atoms with E-state index in [9.17, 15) is 4.79 Å². The first kappa shape index (κ1) is 29.5. The Kier molecular flexibility index (Phi) is 9.70. The fourth-order valence-electron chi connectivity index (χ4n) is 5.64. The number of ether oxygens (including phenoxy) is 4. The summed E-state index contributed by atoms with van der Waals surface area (Å²) in [5.41, 5.74) is 2.42. The standard InChI is InChI=1S/C31H40N6O5/c1-5-27(30-33-34-35-37(30)20-25-8-7-15-42-25)36(14-13-21-9-12-28(39-3)29(16-21)40-4)19-23-17-22-18-24(41-6-2)10-11-26(22)32-31(23)38/h9-12,16-18,25,27H,5-8,13-15,19-20H2,1-4H3,(H,32,38). The Balaban J connectivity index is 1.47. The van der Waals surface area contributed by atoms with Crippen LogP contribution in [-0.2, 0) is 24.2 Å². The Bertz CT molecular complexity index is 1530. The van der Waals surface area contributed by atoms with Crippen molar-refractivity contribution in [1.29, 1.82) is 0 Å². The minimum atomic E-state index is -0.119. The molecule has 0 bridgehead atoms. The van der Waals surface area contributed by atoms with Crippen molar-refractivity contribution in [3.05, 3.63) is 69.8 Å². The van der Waals surface area contributed by atoms with Gasteiger partial charge in [0.2, 0.25) is 0 Å². The van der Waals surface area contributed by atoms with E-state index in [4.69, 9.17) is 18.9 Å². The highest BCUT2D eigenvalue weighted by molar-refractivity contribution is 5.80. The monoisotopic (exact) mass is 576 g/mol. The van der Waals surface area contributed by atoms with Gasteiger partial charge in [0.15, 0.2) is 17.3 Å². The normalized spacial score (nSPS) is 15.8. The Labute approximate surface area is 245 Å². The van der Waals surface area contributed by atoms with Crippen molar-refractivity contribution in [3.63, 3.8) is 0 Å². The van der Waals surface area contributed by atoms with Gasteiger partial charge in [-0.25, -0.2) is 4.68 Å². The average molecular weight is 577 g/mol. The van der Waals surface area contributed by atoms with Crippen molar-refractivity contribution in [3.8, 4) is 17.2 Å². The molecule has 0 radical (unpaired) electrons. The van der Waals surface area contributed by atoms with Gasteiger partial charge in [-0.05, 0) is 85.0 Å². The van der Waals surface area contributed by atoms with Gasteiger partial charge in [0.05, 0.1) is 39.5 Å². The first-order chi connectivity index (χ1) is 20.5. The molecule has 1 aliphatic rings. The van der Waals surface area contributed by atoms with Crippen LogP contribution in [0.4, 0.5) is 0 Å². The summed E-state index contributed by atoms with van der Waals surface area (Å²) < 4.78 is 24.4. The molecule has 2 atom stereocenters. The Morgan fingerprint density at radius 1 is 1.12 bits per heavy atom. The third-order valence-electron chi connectivity index (χ3n) is 7.80. The van der Waals surface area contributed by atoms with Crippen LogP contribution in [0.15, 0.2) is 47.3 Å². The van der Waals surface area contributed by atoms with Crippen LogP contribution in [0, 0.1) is 0 Å². The van der Waals surface area contributed by atoms with Crippen LogP contribution in [0.3, 0.4) is 0 Å². The molecule has 11 heteroatoms. The molecule has 2 aromatic carbocycles. The minimum Gasteiger partial charge on any atom is -0.494 e. The molecular weight excluding hydrogens is 536 g/mol. The third-order valence-corrected chi connectivity index (χ3v) is 7.80. The highest BCUT2D eigenvalue weighted by Gasteiger charge is 2.28. The molecule has 42 heavy (non-hydrogen) atoms. The van der Waals surface area contributed by atoms with E-state index in [2.05, 4.69) is 32.3 Å². The zero-order valence-electron chi connectivity index (χ0n) is 24.8. The third kappa shape index (κ3) is 6.74. The summed E-state index contributed by atoms with van der Waals surface area (Å²) >= 11 is 0. The zero-order chi connectivity index (χ0) is 29.5. The van der Waals surface area contributed by atoms with Crippen molar-refractivity contribution >= 4 is 10.9 Å². The second kappa shape index (κ2) is 13.8. The molecule has 1 N–H and O–H groups in total. The summed E-state index contributed by atoms with van der Waals surface area (Å²) in [5.74, 6) is 2.92. The van der Waals surface area contributed by atoms with Gasteiger partial charge in [0.1, 0.15) is 5.75 Å². The van der Waals surface area contributed by atoms with Crippen LogP contribution < -0.4 is 19.8 Å². The minimum absolute atomic E-state index is 0.104. The van der Waals surface area contributed by atoms with Gasteiger partial charge in [-0.1, -0.05) is 13.0 Å². The molecule has 1 saturated heterocycles. The molecule has 224 valence electrons. The fraction of sp³-hybridized carbons (Fsp3) is 0.484. The molecule has 3 heterocycles. The van der Waals surface area contributed by atoms with Crippen molar-refractivity contribution in [2.24, 2.45) is 0 Å². The highest BCUT2D eigenvalue weighted by Crippen LogP contribution is 2.30. The number of nitrogens with zero attached hydrogens (tertiary/aromatic N) is 5. The Morgan fingerprint density at radius 3 is 2.71 bits per heavy atom. The number of rotatable bonds is 14. The lowest BCUT2D eigenvalue weighted by molar-refractivity contribution is 0.0893. The van der Waals surface area contributed by atoms with Crippen LogP contribution in [0.2, 0.25) is 0 Å². The Morgan fingerprint density at radius 2 is 1.98 bits per heavy atom. The van der Waals surface area contributed by atoms with Crippen molar-refractivity contribution < 1.29 is 18.9 Å². The summed E-state index contributed by atoms with van der Waals surface area (Å²) in [5, 5.41) is 13.7.